The van der Waals surface area contributed by atoms with Crippen molar-refractivity contribution in [3.05, 3.63) is 65.6 Å². The molecule has 4 rings (SSSR count). The van der Waals surface area contributed by atoms with E-state index >= 15 is 0 Å². The molecule has 2 heterocycles. The van der Waals surface area contributed by atoms with Crippen LogP contribution in [0, 0.1) is 18.6 Å². The molecule has 1 N–H and O–H groups in total. The molecule has 0 bridgehead atoms. The van der Waals surface area contributed by atoms with E-state index in [1.165, 1.54) is 6.07 Å². The zero-order valence-corrected chi connectivity index (χ0v) is 15.9. The van der Waals surface area contributed by atoms with Crippen molar-refractivity contribution < 1.29 is 18.1 Å². The van der Waals surface area contributed by atoms with E-state index in [4.69, 9.17) is 4.52 Å². The minimum atomic E-state index is -0.827. The van der Waals surface area contributed by atoms with Crippen LogP contribution in [0.4, 0.5) is 19.3 Å². The van der Waals surface area contributed by atoms with Crippen molar-refractivity contribution in [3.8, 4) is 11.4 Å². The fraction of sp³-hybridized carbons (Fsp3) is 0.286. The Morgan fingerprint density at radius 1 is 1.21 bits per heavy atom. The number of hydrogen-bond donors (Lipinski definition) is 1. The molecule has 6 nitrogen and oxygen atoms in total. The normalized spacial score (nSPS) is 16.7. The van der Waals surface area contributed by atoms with Gasteiger partial charge in [0.15, 0.2) is 0 Å². The summed E-state index contributed by atoms with van der Waals surface area (Å²) in [5.74, 6) is -0.729. The lowest BCUT2D eigenvalue weighted by Gasteiger charge is -2.33. The highest BCUT2D eigenvalue weighted by atomic mass is 19.1. The summed E-state index contributed by atoms with van der Waals surface area (Å²) in [5.41, 5.74) is 1.83. The molecule has 1 saturated heterocycles. The molecule has 1 atom stereocenters. The third-order valence-corrected chi connectivity index (χ3v) is 4.94. The third-order valence-electron chi connectivity index (χ3n) is 4.94. The maximum atomic E-state index is 13.9. The molecule has 0 unspecified atom stereocenters. The third kappa shape index (κ3) is 4.11. The van der Waals surface area contributed by atoms with Crippen LogP contribution in [-0.4, -0.2) is 27.6 Å². The van der Waals surface area contributed by atoms with Gasteiger partial charge in [0.2, 0.25) is 11.7 Å². The monoisotopic (exact) mass is 398 g/mol. The molecule has 2 amide bonds. The summed E-state index contributed by atoms with van der Waals surface area (Å²) in [6, 6.07) is 9.87. The number of nitrogens with zero attached hydrogens (tertiary/aromatic N) is 3. The van der Waals surface area contributed by atoms with Crippen LogP contribution in [0.1, 0.15) is 36.8 Å². The number of benzene rings is 2. The van der Waals surface area contributed by atoms with Crippen LogP contribution < -0.4 is 5.32 Å². The van der Waals surface area contributed by atoms with Crippen molar-refractivity contribution in [1.82, 2.24) is 15.0 Å². The van der Waals surface area contributed by atoms with Gasteiger partial charge in [0.05, 0.1) is 5.69 Å². The zero-order valence-electron chi connectivity index (χ0n) is 15.9. The fourth-order valence-corrected chi connectivity index (χ4v) is 3.48. The van der Waals surface area contributed by atoms with Gasteiger partial charge in [-0.3, -0.25) is 0 Å². The second-order valence-electron chi connectivity index (χ2n) is 7.08. The van der Waals surface area contributed by atoms with Crippen molar-refractivity contribution in [2.45, 2.75) is 32.2 Å². The SMILES string of the molecule is Cc1cccc(-c2noc([C@H]3CCCCN3C(=O)Nc3ccc(F)cc3F)n2)c1. The number of aromatic nitrogens is 2. The lowest BCUT2D eigenvalue weighted by molar-refractivity contribution is 0.142. The summed E-state index contributed by atoms with van der Waals surface area (Å²) in [6.07, 6.45) is 2.38. The standard InChI is InChI=1S/C21H20F2N4O2/c1-13-5-4-6-14(11-13)19-25-20(29-26-19)18-7-2-3-10-27(18)21(28)24-17-9-8-15(22)12-16(17)23/h4-6,8-9,11-12,18H,2-3,7,10H2,1H3,(H,24,28)/t18-/m1/s1. The number of piperidine rings is 1. The first-order valence-electron chi connectivity index (χ1n) is 9.44. The first-order valence-corrected chi connectivity index (χ1v) is 9.44. The second-order valence-corrected chi connectivity index (χ2v) is 7.08. The Balaban J connectivity index is 1.55. The molecule has 8 heteroatoms. The molecule has 0 spiro atoms. The van der Waals surface area contributed by atoms with Gasteiger partial charge in [0.25, 0.3) is 0 Å². The van der Waals surface area contributed by atoms with Crippen LogP contribution in [0.3, 0.4) is 0 Å². The van der Waals surface area contributed by atoms with E-state index in [1.807, 2.05) is 31.2 Å². The van der Waals surface area contributed by atoms with E-state index in [1.54, 1.807) is 4.90 Å². The molecule has 1 aliphatic heterocycles. The van der Waals surface area contributed by atoms with Crippen LogP contribution in [-0.2, 0) is 0 Å². The van der Waals surface area contributed by atoms with Gasteiger partial charge < -0.3 is 14.7 Å². The van der Waals surface area contributed by atoms with Gasteiger partial charge in [-0.25, -0.2) is 13.6 Å². The lowest BCUT2D eigenvalue weighted by Crippen LogP contribution is -2.41. The summed E-state index contributed by atoms with van der Waals surface area (Å²) in [5, 5.41) is 6.57. The van der Waals surface area contributed by atoms with E-state index in [0.717, 1.165) is 36.1 Å². The minimum absolute atomic E-state index is 0.0771. The Morgan fingerprint density at radius 2 is 2.07 bits per heavy atom. The van der Waals surface area contributed by atoms with Crippen LogP contribution >= 0.6 is 0 Å². The first kappa shape index (κ1) is 19.0. The molecule has 3 aromatic rings. The van der Waals surface area contributed by atoms with Gasteiger partial charge in [0, 0.05) is 18.2 Å². The van der Waals surface area contributed by atoms with Crippen molar-refractivity contribution in [2.24, 2.45) is 0 Å². The first-order chi connectivity index (χ1) is 14.0. The predicted octanol–water partition coefficient (Wildman–Crippen LogP) is 5.08. The molecule has 29 heavy (non-hydrogen) atoms. The number of anilines is 1. The van der Waals surface area contributed by atoms with E-state index in [9.17, 15) is 13.6 Å². The van der Waals surface area contributed by atoms with Gasteiger partial charge in [-0.1, -0.05) is 28.9 Å². The number of carbonyl (C=O) groups is 1. The lowest BCUT2D eigenvalue weighted by atomic mass is 10.0. The van der Waals surface area contributed by atoms with E-state index in [2.05, 4.69) is 15.5 Å². The van der Waals surface area contributed by atoms with Crippen molar-refractivity contribution >= 4 is 11.7 Å². The number of likely N-dealkylation sites (tertiary alicyclic amines) is 1. The fourth-order valence-electron chi connectivity index (χ4n) is 3.48. The highest BCUT2D eigenvalue weighted by Crippen LogP contribution is 2.32. The number of rotatable bonds is 3. The molecule has 1 aliphatic rings. The molecule has 0 radical (unpaired) electrons. The summed E-state index contributed by atoms with van der Waals surface area (Å²) in [6.45, 7) is 2.45. The van der Waals surface area contributed by atoms with E-state index in [0.29, 0.717) is 24.7 Å². The largest absolute Gasteiger partial charge is 0.337 e. The van der Waals surface area contributed by atoms with Crippen molar-refractivity contribution in [1.29, 1.82) is 0 Å². The maximum Gasteiger partial charge on any atom is 0.322 e. The van der Waals surface area contributed by atoms with E-state index < -0.39 is 23.7 Å². The smallest absolute Gasteiger partial charge is 0.322 e. The molecule has 150 valence electrons. The molecular weight excluding hydrogens is 378 g/mol. The summed E-state index contributed by atoms with van der Waals surface area (Å²) in [7, 11) is 0. The summed E-state index contributed by atoms with van der Waals surface area (Å²) < 4.78 is 32.5. The maximum absolute atomic E-state index is 13.9. The molecular formula is C21H20F2N4O2. The number of urea groups is 1. The number of halogens is 2. The highest BCUT2D eigenvalue weighted by Gasteiger charge is 2.32. The van der Waals surface area contributed by atoms with E-state index in [-0.39, 0.29) is 5.69 Å². The molecule has 1 aromatic heterocycles. The van der Waals surface area contributed by atoms with Crippen LogP contribution in [0.5, 0.6) is 0 Å². The van der Waals surface area contributed by atoms with Gasteiger partial charge in [-0.05, 0) is 44.4 Å². The highest BCUT2D eigenvalue weighted by molar-refractivity contribution is 5.89. The number of carbonyl (C=O) groups excluding carboxylic acids is 1. The molecule has 0 saturated carbocycles. The zero-order chi connectivity index (χ0) is 20.4. The Morgan fingerprint density at radius 3 is 2.86 bits per heavy atom. The van der Waals surface area contributed by atoms with Gasteiger partial charge >= 0.3 is 6.03 Å². The Labute approximate surface area is 166 Å². The van der Waals surface area contributed by atoms with Crippen LogP contribution in [0.25, 0.3) is 11.4 Å². The average molecular weight is 398 g/mol. The number of amides is 2. The van der Waals surface area contributed by atoms with Crippen molar-refractivity contribution in [3.63, 3.8) is 0 Å². The minimum Gasteiger partial charge on any atom is -0.337 e. The van der Waals surface area contributed by atoms with Gasteiger partial charge in [-0.15, -0.1) is 0 Å². The van der Waals surface area contributed by atoms with Crippen molar-refractivity contribution in [2.75, 3.05) is 11.9 Å². The number of aryl methyl sites for hydroxylation is 1. The average Bonchev–Trinajstić information content (AvgIpc) is 3.20. The number of hydrogen-bond acceptors (Lipinski definition) is 4. The topological polar surface area (TPSA) is 71.3 Å². The second kappa shape index (κ2) is 7.98. The summed E-state index contributed by atoms with van der Waals surface area (Å²) >= 11 is 0. The predicted molar refractivity (Wildman–Crippen MR) is 103 cm³/mol. The quantitative estimate of drug-likeness (QED) is 0.668. The van der Waals surface area contributed by atoms with Gasteiger partial charge in [-0.2, -0.15) is 4.98 Å². The Kier molecular flexibility index (Phi) is 5.24. The number of nitrogens with one attached hydrogen (secondary N) is 1. The van der Waals surface area contributed by atoms with Crippen LogP contribution in [0.2, 0.25) is 0 Å². The molecule has 0 aliphatic carbocycles. The molecule has 2 aromatic carbocycles. The molecule has 1 fully saturated rings. The Bertz CT molecular complexity index is 1040. The van der Waals surface area contributed by atoms with Crippen LogP contribution in [0.15, 0.2) is 47.0 Å². The summed E-state index contributed by atoms with van der Waals surface area (Å²) in [4.78, 5) is 18.8. The van der Waals surface area contributed by atoms with Gasteiger partial charge in [0.1, 0.15) is 17.7 Å². The Hall–Kier alpha value is -3.29.